The van der Waals surface area contributed by atoms with Crippen molar-refractivity contribution in [2.24, 2.45) is 11.8 Å². The second-order valence-corrected chi connectivity index (χ2v) is 11.1. The van der Waals surface area contributed by atoms with Gasteiger partial charge in [0.1, 0.15) is 11.9 Å². The Morgan fingerprint density at radius 1 is 1.00 bits per heavy atom. The number of esters is 2. The average molecular weight is 457 g/mol. The molecule has 0 spiro atoms. The van der Waals surface area contributed by atoms with Crippen LogP contribution in [0.4, 0.5) is 0 Å². The predicted octanol–water partition coefficient (Wildman–Crippen LogP) is 7.48. The zero-order chi connectivity index (χ0) is 24.0. The van der Waals surface area contributed by atoms with Crippen molar-refractivity contribution in [1.29, 1.82) is 0 Å². The molecule has 4 atom stereocenters. The molecule has 2 aliphatic rings. The lowest BCUT2D eigenvalue weighted by atomic mass is 9.62. The van der Waals surface area contributed by atoms with Crippen molar-refractivity contribution >= 4 is 11.9 Å². The van der Waals surface area contributed by atoms with E-state index in [2.05, 4.69) is 39.0 Å². The van der Waals surface area contributed by atoms with Gasteiger partial charge in [-0.1, -0.05) is 77.8 Å². The second kappa shape index (κ2) is 11.5. The number of carbonyl (C=O) groups is 2. The van der Waals surface area contributed by atoms with Gasteiger partial charge in [-0.15, -0.1) is 0 Å². The molecule has 2 saturated carbocycles. The van der Waals surface area contributed by atoms with Gasteiger partial charge in [-0.3, -0.25) is 9.59 Å². The van der Waals surface area contributed by atoms with Crippen LogP contribution in [-0.4, -0.2) is 18.0 Å². The molecule has 0 N–H and O–H groups in total. The minimum atomic E-state index is -0.276. The molecule has 3 rings (SSSR count). The van der Waals surface area contributed by atoms with Gasteiger partial charge in [-0.2, -0.15) is 0 Å². The molecule has 2 fully saturated rings. The first-order chi connectivity index (χ1) is 15.7. The summed E-state index contributed by atoms with van der Waals surface area (Å²) >= 11 is 0. The molecule has 0 radical (unpaired) electrons. The molecule has 33 heavy (non-hydrogen) atoms. The van der Waals surface area contributed by atoms with E-state index in [4.69, 9.17) is 9.47 Å². The van der Waals surface area contributed by atoms with Gasteiger partial charge in [0.2, 0.25) is 0 Å². The monoisotopic (exact) mass is 456 g/mol. The van der Waals surface area contributed by atoms with Gasteiger partial charge >= 0.3 is 11.9 Å². The maximum absolute atomic E-state index is 12.1. The van der Waals surface area contributed by atoms with Gasteiger partial charge in [-0.05, 0) is 66.0 Å². The summed E-state index contributed by atoms with van der Waals surface area (Å²) in [6, 6.07) is 6.56. The molecule has 0 saturated heterocycles. The van der Waals surface area contributed by atoms with Crippen LogP contribution in [0.3, 0.4) is 0 Å². The van der Waals surface area contributed by atoms with Crippen LogP contribution < -0.4 is 4.74 Å². The van der Waals surface area contributed by atoms with E-state index < -0.39 is 0 Å². The van der Waals surface area contributed by atoms with E-state index >= 15 is 0 Å². The van der Waals surface area contributed by atoms with E-state index in [1.54, 1.807) is 0 Å². The third-order valence-corrected chi connectivity index (χ3v) is 8.00. The Kier molecular flexibility index (Phi) is 9.01. The standard InChI is InChI=1S/C29H44O4/c1-6-7-8-11-16-29(4,5)23-14-15-26(28(18-23)33-21(3)31)27-19-24(32-20(2)30)17-22-12-9-10-13-25(22)27/h14-15,18,22,24-25,27H,6-13,16-17,19H2,1-5H3. The summed E-state index contributed by atoms with van der Waals surface area (Å²) in [5, 5.41) is 0. The molecule has 4 heteroatoms. The van der Waals surface area contributed by atoms with Gasteiger partial charge in [0.25, 0.3) is 0 Å². The number of rotatable bonds is 9. The zero-order valence-electron chi connectivity index (χ0n) is 21.5. The van der Waals surface area contributed by atoms with Gasteiger partial charge in [0.05, 0.1) is 0 Å². The quantitative estimate of drug-likeness (QED) is 0.220. The molecule has 184 valence electrons. The number of hydrogen-bond acceptors (Lipinski definition) is 4. The number of fused-ring (bicyclic) bond motifs is 1. The summed E-state index contributed by atoms with van der Waals surface area (Å²) in [7, 11) is 0. The lowest BCUT2D eigenvalue weighted by molar-refractivity contribution is -0.150. The van der Waals surface area contributed by atoms with Crippen molar-refractivity contribution in [3.8, 4) is 5.75 Å². The van der Waals surface area contributed by atoms with Gasteiger partial charge in [-0.25, -0.2) is 0 Å². The smallest absolute Gasteiger partial charge is 0.308 e. The Balaban J connectivity index is 1.91. The van der Waals surface area contributed by atoms with Crippen molar-refractivity contribution in [2.75, 3.05) is 0 Å². The second-order valence-electron chi connectivity index (χ2n) is 11.1. The zero-order valence-corrected chi connectivity index (χ0v) is 21.5. The SMILES string of the molecule is CCCCCCC(C)(C)c1ccc(C2CC(OC(C)=O)CC3CCCCC32)c(OC(C)=O)c1. The van der Waals surface area contributed by atoms with E-state index in [1.165, 1.54) is 70.8 Å². The third kappa shape index (κ3) is 6.83. The highest BCUT2D eigenvalue weighted by Gasteiger charge is 2.42. The molecule has 0 heterocycles. The Morgan fingerprint density at radius 3 is 2.45 bits per heavy atom. The maximum atomic E-state index is 12.1. The van der Waals surface area contributed by atoms with Crippen molar-refractivity contribution in [2.45, 2.75) is 123 Å². The van der Waals surface area contributed by atoms with Crippen LogP contribution in [0.15, 0.2) is 18.2 Å². The first-order valence-electron chi connectivity index (χ1n) is 13.2. The van der Waals surface area contributed by atoms with Crippen LogP contribution in [0.1, 0.15) is 122 Å². The van der Waals surface area contributed by atoms with Crippen LogP contribution >= 0.6 is 0 Å². The first-order valence-corrected chi connectivity index (χ1v) is 13.2. The highest BCUT2D eigenvalue weighted by molar-refractivity contribution is 5.70. The summed E-state index contributed by atoms with van der Waals surface area (Å²) in [6.07, 6.45) is 12.7. The van der Waals surface area contributed by atoms with E-state index in [-0.39, 0.29) is 29.4 Å². The third-order valence-electron chi connectivity index (χ3n) is 8.00. The van der Waals surface area contributed by atoms with Crippen LogP contribution in [0, 0.1) is 11.8 Å². The maximum Gasteiger partial charge on any atom is 0.308 e. The summed E-state index contributed by atoms with van der Waals surface area (Å²) in [5.41, 5.74) is 2.37. The van der Waals surface area contributed by atoms with Crippen molar-refractivity contribution < 1.29 is 19.1 Å². The number of hydrogen-bond donors (Lipinski definition) is 0. The Hall–Kier alpha value is -1.84. The highest BCUT2D eigenvalue weighted by Crippen LogP contribution is 2.51. The fourth-order valence-corrected chi connectivity index (χ4v) is 6.28. The normalized spacial score (nSPS) is 25.2. The fourth-order valence-electron chi connectivity index (χ4n) is 6.28. The van der Waals surface area contributed by atoms with Crippen molar-refractivity contribution in [1.82, 2.24) is 0 Å². The minimum Gasteiger partial charge on any atom is -0.463 e. The van der Waals surface area contributed by atoms with E-state index in [1.807, 2.05) is 0 Å². The molecule has 0 aliphatic heterocycles. The summed E-state index contributed by atoms with van der Waals surface area (Å²) < 4.78 is 11.5. The molecule has 2 aliphatic carbocycles. The van der Waals surface area contributed by atoms with Crippen LogP contribution in [0.25, 0.3) is 0 Å². The minimum absolute atomic E-state index is 0.0292. The molecule has 0 bridgehead atoms. The molecule has 4 nitrogen and oxygen atoms in total. The van der Waals surface area contributed by atoms with Crippen LogP contribution in [0.2, 0.25) is 0 Å². The largest absolute Gasteiger partial charge is 0.463 e. The van der Waals surface area contributed by atoms with Gasteiger partial charge in [0.15, 0.2) is 0 Å². The molecule has 0 amide bonds. The van der Waals surface area contributed by atoms with Crippen molar-refractivity contribution in [3.05, 3.63) is 29.3 Å². The molecule has 1 aromatic carbocycles. The summed E-state index contributed by atoms with van der Waals surface area (Å²) in [5.74, 6) is 1.62. The predicted molar refractivity (Wildman–Crippen MR) is 133 cm³/mol. The highest BCUT2D eigenvalue weighted by atomic mass is 16.5. The fraction of sp³-hybridized carbons (Fsp3) is 0.724. The average Bonchev–Trinajstić information content (AvgIpc) is 2.75. The van der Waals surface area contributed by atoms with E-state index in [0.29, 0.717) is 17.6 Å². The summed E-state index contributed by atoms with van der Waals surface area (Å²) in [6.45, 7) is 9.81. The topological polar surface area (TPSA) is 52.6 Å². The van der Waals surface area contributed by atoms with Crippen molar-refractivity contribution in [3.63, 3.8) is 0 Å². The van der Waals surface area contributed by atoms with Gasteiger partial charge < -0.3 is 9.47 Å². The number of carbonyl (C=O) groups excluding carboxylic acids is 2. The lowest BCUT2D eigenvalue weighted by Gasteiger charge is -2.44. The van der Waals surface area contributed by atoms with Crippen LogP contribution in [-0.2, 0) is 19.7 Å². The van der Waals surface area contributed by atoms with Gasteiger partial charge in [0, 0.05) is 13.8 Å². The van der Waals surface area contributed by atoms with Crippen LogP contribution in [0.5, 0.6) is 5.75 Å². The number of unbranched alkanes of at least 4 members (excludes halogenated alkanes) is 3. The first kappa shape index (κ1) is 25.8. The molecule has 4 unspecified atom stereocenters. The summed E-state index contributed by atoms with van der Waals surface area (Å²) in [4.78, 5) is 23.8. The Bertz CT molecular complexity index is 812. The lowest BCUT2D eigenvalue weighted by Crippen LogP contribution is -2.38. The number of benzene rings is 1. The molecular weight excluding hydrogens is 412 g/mol. The van der Waals surface area contributed by atoms with E-state index in [9.17, 15) is 9.59 Å². The number of ether oxygens (including phenoxy) is 2. The molecule has 1 aromatic rings. The van der Waals surface area contributed by atoms with E-state index in [0.717, 1.165) is 24.8 Å². The Morgan fingerprint density at radius 2 is 1.76 bits per heavy atom. The molecule has 0 aromatic heterocycles. The molecular formula is C29H44O4. The Labute approximate surface area is 200 Å².